The molecule has 1 N–H and O–H groups in total. The summed E-state index contributed by atoms with van der Waals surface area (Å²) in [5.74, 6) is -0.145. The normalized spacial score (nSPS) is 15.4. The number of nitrogens with zero attached hydrogens (tertiary/aromatic N) is 3. The Kier molecular flexibility index (Phi) is 5.21. The smallest absolute Gasteiger partial charge is 0.246 e. The van der Waals surface area contributed by atoms with E-state index in [-0.39, 0.29) is 29.7 Å². The van der Waals surface area contributed by atoms with Gasteiger partial charge in [0.2, 0.25) is 11.8 Å². The third kappa shape index (κ3) is 3.69. The lowest BCUT2D eigenvalue weighted by atomic mass is 9.87. The molecule has 2 heterocycles. The first-order valence-electron chi connectivity index (χ1n) is 8.81. The maximum absolute atomic E-state index is 12.8. The molecule has 0 spiro atoms. The van der Waals surface area contributed by atoms with E-state index < -0.39 is 0 Å². The first kappa shape index (κ1) is 17.9. The molecular formula is C20H24N4O2. The highest BCUT2D eigenvalue weighted by atomic mass is 16.2. The van der Waals surface area contributed by atoms with Gasteiger partial charge >= 0.3 is 0 Å². The molecule has 1 saturated heterocycles. The molecule has 136 valence electrons. The molecule has 6 heteroatoms. The van der Waals surface area contributed by atoms with Gasteiger partial charge in [0, 0.05) is 19.3 Å². The Labute approximate surface area is 153 Å². The molecule has 1 unspecified atom stereocenters. The van der Waals surface area contributed by atoms with Gasteiger partial charge in [-0.1, -0.05) is 50.8 Å². The molecule has 1 fully saturated rings. The second-order valence-corrected chi connectivity index (χ2v) is 6.93. The third-order valence-corrected chi connectivity index (χ3v) is 4.70. The van der Waals surface area contributed by atoms with E-state index in [4.69, 9.17) is 0 Å². The van der Waals surface area contributed by atoms with Crippen LogP contribution in [0.3, 0.4) is 0 Å². The highest BCUT2D eigenvalue weighted by Gasteiger charge is 2.31. The molecule has 0 saturated carbocycles. The number of aromatic nitrogens is 2. The van der Waals surface area contributed by atoms with E-state index in [0.717, 1.165) is 5.56 Å². The number of hydrogen-bond acceptors (Lipinski definition) is 3. The summed E-state index contributed by atoms with van der Waals surface area (Å²) in [5.41, 5.74) is 1.68. The van der Waals surface area contributed by atoms with Crippen molar-refractivity contribution in [3.05, 3.63) is 60.9 Å². The summed E-state index contributed by atoms with van der Waals surface area (Å²) in [6.45, 7) is 8.80. The minimum atomic E-state index is -0.219. The summed E-state index contributed by atoms with van der Waals surface area (Å²) < 4.78 is 1.80. The summed E-state index contributed by atoms with van der Waals surface area (Å²) in [5, 5.41) is 7.30. The van der Waals surface area contributed by atoms with E-state index in [0.29, 0.717) is 18.8 Å². The second-order valence-electron chi connectivity index (χ2n) is 6.93. The van der Waals surface area contributed by atoms with Crippen LogP contribution in [0.15, 0.2) is 55.4 Å². The SMILES string of the molecule is C=CC(=O)N1CC(n2cc(NC(=O)C(c3ccccc3)C(C)C)cn2)C1. The van der Waals surface area contributed by atoms with Crippen LogP contribution in [0.2, 0.25) is 0 Å². The first-order valence-corrected chi connectivity index (χ1v) is 8.81. The monoisotopic (exact) mass is 352 g/mol. The Hall–Kier alpha value is -2.89. The standard InChI is InChI=1S/C20H24N4O2/c1-4-18(25)23-12-17(13-23)24-11-16(10-21-24)22-20(26)19(14(2)3)15-8-6-5-7-9-15/h4-11,14,17,19H,1,12-13H2,2-3H3,(H,22,26). The van der Waals surface area contributed by atoms with Gasteiger partial charge in [-0.05, 0) is 17.6 Å². The highest BCUT2D eigenvalue weighted by Crippen LogP contribution is 2.27. The lowest BCUT2D eigenvalue weighted by Crippen LogP contribution is -2.50. The predicted octanol–water partition coefficient (Wildman–Crippen LogP) is 2.83. The van der Waals surface area contributed by atoms with Gasteiger partial charge < -0.3 is 10.2 Å². The van der Waals surface area contributed by atoms with Crippen LogP contribution in [-0.4, -0.2) is 39.6 Å². The molecule has 1 aliphatic rings. The number of rotatable bonds is 6. The Bertz CT molecular complexity index is 791. The first-order chi connectivity index (χ1) is 12.5. The molecule has 6 nitrogen and oxygen atoms in total. The Morgan fingerprint density at radius 3 is 2.58 bits per heavy atom. The largest absolute Gasteiger partial charge is 0.335 e. The molecule has 1 aromatic carbocycles. The van der Waals surface area contributed by atoms with Crippen LogP contribution in [0.1, 0.15) is 31.4 Å². The number of likely N-dealkylation sites (tertiary alicyclic amines) is 1. The summed E-state index contributed by atoms with van der Waals surface area (Å²) in [6, 6.07) is 9.94. The molecule has 1 aromatic heterocycles. The average Bonchev–Trinajstić information content (AvgIpc) is 3.02. The molecule has 3 rings (SSSR count). The molecule has 0 bridgehead atoms. The van der Waals surface area contributed by atoms with Gasteiger partial charge in [-0.3, -0.25) is 14.3 Å². The number of benzene rings is 1. The van der Waals surface area contributed by atoms with Crippen LogP contribution in [0.4, 0.5) is 5.69 Å². The van der Waals surface area contributed by atoms with Crippen molar-refractivity contribution < 1.29 is 9.59 Å². The lowest BCUT2D eigenvalue weighted by Gasteiger charge is -2.38. The van der Waals surface area contributed by atoms with Crippen LogP contribution in [0, 0.1) is 5.92 Å². The summed E-state index contributed by atoms with van der Waals surface area (Å²) >= 11 is 0. The molecule has 2 aromatic rings. The van der Waals surface area contributed by atoms with Gasteiger partial charge in [-0.15, -0.1) is 0 Å². The minimum absolute atomic E-state index is 0.0391. The van der Waals surface area contributed by atoms with E-state index in [1.807, 2.05) is 50.4 Å². The zero-order valence-electron chi connectivity index (χ0n) is 15.1. The molecule has 1 atom stereocenters. The van der Waals surface area contributed by atoms with Gasteiger partial charge in [0.05, 0.1) is 23.8 Å². The van der Waals surface area contributed by atoms with Crippen LogP contribution in [-0.2, 0) is 9.59 Å². The topological polar surface area (TPSA) is 67.2 Å². The quantitative estimate of drug-likeness (QED) is 0.813. The number of hydrogen-bond donors (Lipinski definition) is 1. The van der Waals surface area contributed by atoms with Crippen molar-refractivity contribution in [2.24, 2.45) is 5.92 Å². The minimum Gasteiger partial charge on any atom is -0.335 e. The van der Waals surface area contributed by atoms with Crippen molar-refractivity contribution in [3.8, 4) is 0 Å². The zero-order chi connectivity index (χ0) is 18.7. The number of amides is 2. The molecule has 0 radical (unpaired) electrons. The average molecular weight is 352 g/mol. The van der Waals surface area contributed by atoms with E-state index in [2.05, 4.69) is 17.0 Å². The van der Waals surface area contributed by atoms with E-state index in [1.165, 1.54) is 6.08 Å². The van der Waals surface area contributed by atoms with Gasteiger partial charge in [0.1, 0.15) is 0 Å². The van der Waals surface area contributed by atoms with Crippen molar-refractivity contribution in [2.45, 2.75) is 25.8 Å². The Morgan fingerprint density at radius 2 is 1.96 bits per heavy atom. The van der Waals surface area contributed by atoms with Gasteiger partial charge in [0.25, 0.3) is 0 Å². The second kappa shape index (κ2) is 7.56. The van der Waals surface area contributed by atoms with Crippen molar-refractivity contribution in [2.75, 3.05) is 18.4 Å². The maximum atomic E-state index is 12.8. The molecule has 0 aliphatic carbocycles. The van der Waals surface area contributed by atoms with Crippen molar-refractivity contribution >= 4 is 17.5 Å². The van der Waals surface area contributed by atoms with Crippen molar-refractivity contribution in [3.63, 3.8) is 0 Å². The zero-order valence-corrected chi connectivity index (χ0v) is 15.1. The van der Waals surface area contributed by atoms with Gasteiger partial charge in [0.15, 0.2) is 0 Å². The van der Waals surface area contributed by atoms with E-state index in [9.17, 15) is 9.59 Å². The van der Waals surface area contributed by atoms with E-state index >= 15 is 0 Å². The van der Waals surface area contributed by atoms with Crippen molar-refractivity contribution in [1.29, 1.82) is 0 Å². The Balaban J connectivity index is 1.64. The molecule has 1 aliphatic heterocycles. The fraction of sp³-hybridized carbons (Fsp3) is 0.350. The van der Waals surface area contributed by atoms with Gasteiger partial charge in [-0.2, -0.15) is 5.10 Å². The van der Waals surface area contributed by atoms with Crippen LogP contribution < -0.4 is 5.32 Å². The number of anilines is 1. The predicted molar refractivity (Wildman–Crippen MR) is 101 cm³/mol. The van der Waals surface area contributed by atoms with Gasteiger partial charge in [-0.25, -0.2) is 0 Å². The Morgan fingerprint density at radius 1 is 1.27 bits per heavy atom. The third-order valence-electron chi connectivity index (χ3n) is 4.70. The molecular weight excluding hydrogens is 328 g/mol. The molecule has 2 amide bonds. The molecule has 26 heavy (non-hydrogen) atoms. The van der Waals surface area contributed by atoms with Crippen molar-refractivity contribution in [1.82, 2.24) is 14.7 Å². The lowest BCUT2D eigenvalue weighted by molar-refractivity contribution is -0.131. The van der Waals surface area contributed by atoms with Crippen LogP contribution in [0.5, 0.6) is 0 Å². The van der Waals surface area contributed by atoms with E-state index in [1.54, 1.807) is 15.8 Å². The fourth-order valence-corrected chi connectivity index (χ4v) is 3.25. The highest BCUT2D eigenvalue weighted by molar-refractivity contribution is 5.95. The maximum Gasteiger partial charge on any atom is 0.246 e. The summed E-state index contributed by atoms with van der Waals surface area (Å²) in [7, 11) is 0. The number of carbonyl (C=O) groups excluding carboxylic acids is 2. The fourth-order valence-electron chi connectivity index (χ4n) is 3.25. The van der Waals surface area contributed by atoms with Crippen LogP contribution in [0.25, 0.3) is 0 Å². The van der Waals surface area contributed by atoms with Crippen LogP contribution >= 0.6 is 0 Å². The number of carbonyl (C=O) groups is 2. The number of nitrogens with one attached hydrogen (secondary N) is 1. The summed E-state index contributed by atoms with van der Waals surface area (Å²) in [4.78, 5) is 26.0. The summed E-state index contributed by atoms with van der Waals surface area (Å²) in [6.07, 6.45) is 4.79.